The van der Waals surface area contributed by atoms with Crippen LogP contribution in [0.4, 0.5) is 8.78 Å². The lowest BCUT2D eigenvalue weighted by Gasteiger charge is -2.14. The van der Waals surface area contributed by atoms with E-state index in [1.807, 2.05) is 6.92 Å². The molecule has 0 atom stereocenters. The van der Waals surface area contributed by atoms with Crippen LogP contribution in [-0.4, -0.2) is 26.2 Å². The van der Waals surface area contributed by atoms with Crippen molar-refractivity contribution < 1.29 is 18.6 Å². The second-order valence-electron chi connectivity index (χ2n) is 6.19. The van der Waals surface area contributed by atoms with Crippen LogP contribution >= 0.6 is 0 Å². The number of pyridine rings is 3. The summed E-state index contributed by atoms with van der Waals surface area (Å²) in [6.45, 7) is 3.00. The van der Waals surface area contributed by atoms with Crippen molar-refractivity contribution in [2.75, 3.05) is 6.61 Å². The molecule has 0 bridgehead atoms. The Labute approximate surface area is 165 Å². The molecule has 0 aliphatic heterocycles. The quantitative estimate of drug-likeness (QED) is 0.685. The lowest BCUT2D eigenvalue weighted by molar-refractivity contribution is 0.292. The summed E-state index contributed by atoms with van der Waals surface area (Å²) in [5.41, 5.74) is 1.94. The molecule has 3 aromatic heterocycles. The molecule has 3 aromatic rings. The van der Waals surface area contributed by atoms with Crippen LogP contribution in [0.15, 0.2) is 41.5 Å². The highest BCUT2D eigenvalue weighted by atomic mass is 19.1. The monoisotopic (exact) mass is 397 g/mol. The van der Waals surface area contributed by atoms with Gasteiger partial charge in [0.25, 0.3) is 5.56 Å². The average Bonchev–Trinajstić information content (AvgIpc) is 2.67. The Kier molecular flexibility index (Phi) is 6.00. The number of rotatable bonds is 4. The zero-order valence-electron chi connectivity index (χ0n) is 15.7. The summed E-state index contributed by atoms with van der Waals surface area (Å²) < 4.78 is 33.6. The molecule has 6 nitrogen and oxygen atoms in total. The molecule has 0 aliphatic carbocycles. The summed E-state index contributed by atoms with van der Waals surface area (Å²) in [5.74, 6) is 3.87. The Bertz CT molecular complexity index is 1180. The molecule has 8 heteroatoms. The van der Waals surface area contributed by atoms with E-state index in [1.54, 1.807) is 25.3 Å². The van der Waals surface area contributed by atoms with Crippen LogP contribution in [0.3, 0.4) is 0 Å². The fourth-order valence-corrected chi connectivity index (χ4v) is 2.72. The highest BCUT2D eigenvalue weighted by Gasteiger charge is 2.12. The lowest BCUT2D eigenvalue weighted by atomic mass is 10.2. The summed E-state index contributed by atoms with van der Waals surface area (Å²) in [4.78, 5) is 20.5. The first kappa shape index (κ1) is 20.2. The largest absolute Gasteiger partial charge is 0.487 e. The molecule has 29 heavy (non-hydrogen) atoms. The summed E-state index contributed by atoms with van der Waals surface area (Å²) in [6.07, 6.45) is 2.49. The van der Waals surface area contributed by atoms with E-state index in [-0.39, 0.29) is 30.2 Å². The van der Waals surface area contributed by atoms with Gasteiger partial charge in [0.15, 0.2) is 5.82 Å². The molecule has 1 N–H and O–H groups in total. The van der Waals surface area contributed by atoms with Crippen molar-refractivity contribution in [1.82, 2.24) is 14.5 Å². The van der Waals surface area contributed by atoms with Crippen molar-refractivity contribution in [2.24, 2.45) is 0 Å². The van der Waals surface area contributed by atoms with Gasteiger partial charge >= 0.3 is 0 Å². The van der Waals surface area contributed by atoms with Crippen LogP contribution in [0.25, 0.3) is 5.69 Å². The zero-order chi connectivity index (χ0) is 21.0. The first-order valence-electron chi connectivity index (χ1n) is 8.62. The second kappa shape index (κ2) is 8.63. The van der Waals surface area contributed by atoms with Crippen LogP contribution in [0.1, 0.15) is 22.6 Å². The molecule has 0 fully saturated rings. The Morgan fingerprint density at radius 1 is 1.14 bits per heavy atom. The normalized spacial score (nSPS) is 10.4. The lowest BCUT2D eigenvalue weighted by Crippen LogP contribution is -2.21. The highest BCUT2D eigenvalue weighted by molar-refractivity contribution is 5.46. The van der Waals surface area contributed by atoms with E-state index in [0.29, 0.717) is 17.1 Å². The van der Waals surface area contributed by atoms with Crippen molar-refractivity contribution in [3.63, 3.8) is 0 Å². The number of aromatic nitrogens is 3. The summed E-state index contributed by atoms with van der Waals surface area (Å²) in [7, 11) is 0. The molecule has 0 aliphatic rings. The van der Waals surface area contributed by atoms with Crippen LogP contribution in [-0.2, 0) is 6.61 Å². The third-order valence-corrected chi connectivity index (χ3v) is 4.06. The maximum atomic E-state index is 13.7. The molecule has 3 heterocycles. The SMILES string of the molecule is Cc1cnc(C#CCO)cc1-n1c(C)cc(OCc2ncc(F)cc2F)cc1=O. The van der Waals surface area contributed by atoms with Gasteiger partial charge in [-0.2, -0.15) is 0 Å². The second-order valence-corrected chi connectivity index (χ2v) is 6.19. The van der Waals surface area contributed by atoms with E-state index in [9.17, 15) is 13.6 Å². The first-order chi connectivity index (χ1) is 13.9. The van der Waals surface area contributed by atoms with Crippen LogP contribution < -0.4 is 10.3 Å². The fourth-order valence-electron chi connectivity index (χ4n) is 2.72. The van der Waals surface area contributed by atoms with E-state index in [0.717, 1.165) is 17.8 Å². The third-order valence-electron chi connectivity index (χ3n) is 4.06. The van der Waals surface area contributed by atoms with Crippen molar-refractivity contribution in [2.45, 2.75) is 20.5 Å². The number of aryl methyl sites for hydroxylation is 2. The summed E-state index contributed by atoms with van der Waals surface area (Å²) >= 11 is 0. The molecule has 0 radical (unpaired) electrons. The summed E-state index contributed by atoms with van der Waals surface area (Å²) in [5, 5.41) is 8.83. The van der Waals surface area contributed by atoms with Gasteiger partial charge in [0.05, 0.1) is 11.9 Å². The molecule has 0 aromatic carbocycles. The third kappa shape index (κ3) is 4.65. The molecule has 0 saturated carbocycles. The van der Waals surface area contributed by atoms with Crippen molar-refractivity contribution in [3.8, 4) is 23.3 Å². The molecular weight excluding hydrogens is 380 g/mol. The topological polar surface area (TPSA) is 77.2 Å². The van der Waals surface area contributed by atoms with Crippen molar-refractivity contribution >= 4 is 0 Å². The Hall–Kier alpha value is -3.57. The number of hydrogen-bond acceptors (Lipinski definition) is 5. The van der Waals surface area contributed by atoms with Gasteiger partial charge < -0.3 is 9.84 Å². The predicted molar refractivity (Wildman–Crippen MR) is 102 cm³/mol. The average molecular weight is 397 g/mol. The molecule has 148 valence electrons. The Morgan fingerprint density at radius 2 is 1.93 bits per heavy atom. The molecule has 0 amide bonds. The zero-order valence-corrected chi connectivity index (χ0v) is 15.7. The molecule has 3 rings (SSSR count). The minimum absolute atomic E-state index is 0.0645. The summed E-state index contributed by atoms with van der Waals surface area (Å²) in [6, 6.07) is 5.28. The van der Waals surface area contributed by atoms with Gasteiger partial charge in [-0.1, -0.05) is 5.92 Å². The number of aliphatic hydroxyl groups excluding tert-OH is 1. The number of ether oxygens (including phenoxy) is 1. The highest BCUT2D eigenvalue weighted by Crippen LogP contribution is 2.19. The fraction of sp³-hybridized carbons (Fsp3) is 0.190. The van der Waals surface area contributed by atoms with Crippen LogP contribution in [0, 0.1) is 37.3 Å². The van der Waals surface area contributed by atoms with Crippen molar-refractivity contribution in [1.29, 1.82) is 0 Å². The van der Waals surface area contributed by atoms with E-state index in [2.05, 4.69) is 21.8 Å². The minimum atomic E-state index is -0.820. The number of hydrogen-bond donors (Lipinski definition) is 1. The maximum Gasteiger partial charge on any atom is 0.259 e. The molecule has 0 spiro atoms. The van der Waals surface area contributed by atoms with Crippen molar-refractivity contribution in [3.05, 3.63) is 81.3 Å². The molecule has 0 saturated heterocycles. The number of halogens is 2. The van der Waals surface area contributed by atoms with Gasteiger partial charge in [-0.15, -0.1) is 0 Å². The Morgan fingerprint density at radius 3 is 2.62 bits per heavy atom. The van der Waals surface area contributed by atoms with Crippen LogP contribution in [0.5, 0.6) is 5.75 Å². The maximum absolute atomic E-state index is 13.7. The van der Waals surface area contributed by atoms with Gasteiger partial charge in [0, 0.05) is 30.1 Å². The van der Waals surface area contributed by atoms with E-state index in [1.165, 1.54) is 10.6 Å². The van der Waals surface area contributed by atoms with Gasteiger partial charge in [-0.3, -0.25) is 14.3 Å². The van der Waals surface area contributed by atoms with E-state index >= 15 is 0 Å². The van der Waals surface area contributed by atoms with E-state index in [4.69, 9.17) is 9.84 Å². The standard InChI is InChI=1S/C21H17F2N3O3/c1-13-10-24-16(4-3-5-27)8-20(13)26-14(2)6-17(9-21(26)28)29-12-19-18(23)7-15(22)11-25-19/h6-11,27H,5,12H2,1-2H3. The molecular formula is C21H17F2N3O3. The first-order valence-corrected chi connectivity index (χ1v) is 8.62. The predicted octanol–water partition coefficient (Wildman–Crippen LogP) is 2.45. The van der Waals surface area contributed by atoms with Gasteiger partial charge in [-0.05, 0) is 31.4 Å². The van der Waals surface area contributed by atoms with Gasteiger partial charge in [0.1, 0.15) is 36.2 Å². The van der Waals surface area contributed by atoms with Crippen LogP contribution in [0.2, 0.25) is 0 Å². The number of aliphatic hydroxyl groups is 1. The Balaban J connectivity index is 1.91. The van der Waals surface area contributed by atoms with E-state index < -0.39 is 11.6 Å². The number of nitrogens with zero attached hydrogens (tertiary/aromatic N) is 3. The smallest absolute Gasteiger partial charge is 0.259 e. The van der Waals surface area contributed by atoms with Gasteiger partial charge in [-0.25, -0.2) is 13.8 Å². The van der Waals surface area contributed by atoms with Gasteiger partial charge in [0.2, 0.25) is 0 Å². The molecule has 0 unspecified atom stereocenters. The minimum Gasteiger partial charge on any atom is -0.487 e.